The van der Waals surface area contributed by atoms with Gasteiger partial charge in [0.15, 0.2) is 0 Å². The lowest BCUT2D eigenvalue weighted by atomic mass is 9.87. The van der Waals surface area contributed by atoms with Crippen LogP contribution in [0.3, 0.4) is 0 Å². The maximum Gasteiger partial charge on any atom is 0.263 e. The van der Waals surface area contributed by atoms with Gasteiger partial charge in [-0.2, -0.15) is 0 Å². The van der Waals surface area contributed by atoms with E-state index in [0.29, 0.717) is 17.7 Å². The molecule has 0 spiro atoms. The van der Waals surface area contributed by atoms with Crippen molar-refractivity contribution in [2.45, 2.75) is 26.2 Å². The first kappa shape index (κ1) is 17.6. The molecule has 25 heavy (non-hydrogen) atoms. The van der Waals surface area contributed by atoms with Gasteiger partial charge in [-0.05, 0) is 55.5 Å². The van der Waals surface area contributed by atoms with Crippen LogP contribution in [0.1, 0.15) is 32.1 Å². The molecule has 1 N–H and O–H groups in total. The van der Waals surface area contributed by atoms with Crippen molar-refractivity contribution in [1.29, 1.82) is 0 Å². The first-order chi connectivity index (χ1) is 11.8. The summed E-state index contributed by atoms with van der Waals surface area (Å²) in [5, 5.41) is 2.71. The van der Waals surface area contributed by atoms with E-state index in [0.717, 1.165) is 17.5 Å². The molecule has 0 bridgehead atoms. The third-order valence-electron chi connectivity index (χ3n) is 4.45. The van der Waals surface area contributed by atoms with E-state index in [1.54, 1.807) is 31.1 Å². The Hall–Kier alpha value is -2.21. The third-order valence-corrected chi connectivity index (χ3v) is 5.68. The number of thiophene rings is 1. The number of nitrogens with zero attached hydrogens (tertiary/aromatic N) is 1. The molecular formula is C19H21FN2O2S. The van der Waals surface area contributed by atoms with Crippen LogP contribution in [0.4, 0.5) is 10.1 Å². The zero-order valence-corrected chi connectivity index (χ0v) is 15.4. The molecule has 1 aliphatic carbocycles. The van der Waals surface area contributed by atoms with Gasteiger partial charge in [0.2, 0.25) is 5.91 Å². The summed E-state index contributed by atoms with van der Waals surface area (Å²) in [6.07, 6.45) is 2.07. The fraction of sp³-hybridized carbons (Fsp3) is 0.368. The standard InChI is InChI=1S/C19H21FN2O2S/c1-11-4-6-14(20)15(8-11)21-18(23)12-5-7-16-13(9-12)10-17(25-16)19(24)22(2)3/h4,6,8,10,12H,5,7,9H2,1-3H3,(H,21,23). The summed E-state index contributed by atoms with van der Waals surface area (Å²) in [5.74, 6) is -0.807. The van der Waals surface area contributed by atoms with Crippen LogP contribution in [0.25, 0.3) is 0 Å². The summed E-state index contributed by atoms with van der Waals surface area (Å²) in [4.78, 5) is 28.1. The maximum absolute atomic E-state index is 13.8. The van der Waals surface area contributed by atoms with Gasteiger partial charge in [-0.25, -0.2) is 4.39 Å². The van der Waals surface area contributed by atoms with Gasteiger partial charge in [-0.15, -0.1) is 11.3 Å². The Morgan fingerprint density at radius 3 is 2.76 bits per heavy atom. The molecule has 0 fully saturated rings. The van der Waals surface area contributed by atoms with Gasteiger partial charge in [-0.3, -0.25) is 9.59 Å². The minimum absolute atomic E-state index is 0.0118. The number of nitrogens with one attached hydrogen (secondary N) is 1. The molecule has 4 nitrogen and oxygen atoms in total. The van der Waals surface area contributed by atoms with E-state index in [1.807, 2.05) is 13.0 Å². The quantitative estimate of drug-likeness (QED) is 0.908. The number of fused-ring (bicyclic) bond motifs is 1. The molecule has 1 aromatic heterocycles. The number of aryl methyl sites for hydroxylation is 2. The van der Waals surface area contributed by atoms with Gasteiger partial charge >= 0.3 is 0 Å². The molecule has 2 aromatic rings. The highest BCUT2D eigenvalue weighted by Crippen LogP contribution is 2.33. The number of rotatable bonds is 3. The summed E-state index contributed by atoms with van der Waals surface area (Å²) in [6, 6.07) is 6.57. The molecule has 1 heterocycles. The lowest BCUT2D eigenvalue weighted by molar-refractivity contribution is -0.120. The van der Waals surface area contributed by atoms with Crippen molar-refractivity contribution in [3.05, 3.63) is 51.0 Å². The fourth-order valence-corrected chi connectivity index (χ4v) is 4.27. The molecule has 0 radical (unpaired) electrons. The van der Waals surface area contributed by atoms with Crippen LogP contribution in [0.2, 0.25) is 0 Å². The number of anilines is 1. The van der Waals surface area contributed by atoms with Crippen molar-refractivity contribution in [3.63, 3.8) is 0 Å². The minimum Gasteiger partial charge on any atom is -0.344 e. The average Bonchev–Trinajstić information content (AvgIpc) is 3.00. The topological polar surface area (TPSA) is 49.4 Å². The van der Waals surface area contributed by atoms with Crippen LogP contribution in [-0.2, 0) is 17.6 Å². The van der Waals surface area contributed by atoms with E-state index in [1.165, 1.54) is 22.3 Å². The summed E-state index contributed by atoms with van der Waals surface area (Å²) in [6.45, 7) is 1.86. The monoisotopic (exact) mass is 360 g/mol. The van der Waals surface area contributed by atoms with E-state index in [2.05, 4.69) is 5.32 Å². The minimum atomic E-state index is -0.426. The van der Waals surface area contributed by atoms with Gasteiger partial charge in [0.1, 0.15) is 5.82 Å². The van der Waals surface area contributed by atoms with Gasteiger partial charge in [0.25, 0.3) is 5.91 Å². The molecule has 0 aliphatic heterocycles. The van der Waals surface area contributed by atoms with Crippen molar-refractivity contribution >= 4 is 28.8 Å². The number of carbonyl (C=O) groups excluding carboxylic acids is 2. The molecule has 132 valence electrons. The lowest BCUT2D eigenvalue weighted by Crippen LogP contribution is -2.28. The highest BCUT2D eigenvalue weighted by atomic mass is 32.1. The number of benzene rings is 1. The Morgan fingerprint density at radius 1 is 1.28 bits per heavy atom. The zero-order chi connectivity index (χ0) is 18.1. The van der Waals surface area contributed by atoms with E-state index in [9.17, 15) is 14.0 Å². The first-order valence-electron chi connectivity index (χ1n) is 8.25. The van der Waals surface area contributed by atoms with Crippen molar-refractivity contribution < 1.29 is 14.0 Å². The van der Waals surface area contributed by atoms with E-state index in [-0.39, 0.29) is 23.4 Å². The third kappa shape index (κ3) is 3.74. The summed E-state index contributed by atoms with van der Waals surface area (Å²) < 4.78 is 13.8. The second-order valence-corrected chi connectivity index (χ2v) is 7.81. The SMILES string of the molecule is Cc1ccc(F)c(NC(=O)C2CCc3sc(C(=O)N(C)C)cc3C2)c1. The molecule has 1 aromatic carbocycles. The molecule has 1 unspecified atom stereocenters. The molecule has 6 heteroatoms. The number of hydrogen-bond acceptors (Lipinski definition) is 3. The lowest BCUT2D eigenvalue weighted by Gasteiger charge is -2.21. The Balaban J connectivity index is 1.73. The van der Waals surface area contributed by atoms with Gasteiger partial charge in [-0.1, -0.05) is 6.07 Å². The maximum atomic E-state index is 13.8. The molecule has 3 rings (SSSR count). The van der Waals surface area contributed by atoms with Gasteiger partial charge in [0.05, 0.1) is 10.6 Å². The summed E-state index contributed by atoms with van der Waals surface area (Å²) >= 11 is 1.51. The largest absolute Gasteiger partial charge is 0.344 e. The van der Waals surface area contributed by atoms with Crippen molar-refractivity contribution in [2.24, 2.45) is 5.92 Å². The van der Waals surface area contributed by atoms with Crippen LogP contribution in [0, 0.1) is 18.7 Å². The highest BCUT2D eigenvalue weighted by molar-refractivity contribution is 7.14. The van der Waals surface area contributed by atoms with E-state index >= 15 is 0 Å². The smallest absolute Gasteiger partial charge is 0.263 e. The Labute approximate surface area is 150 Å². The first-order valence-corrected chi connectivity index (χ1v) is 9.07. The molecular weight excluding hydrogens is 339 g/mol. The van der Waals surface area contributed by atoms with Crippen molar-refractivity contribution in [2.75, 3.05) is 19.4 Å². The number of hydrogen-bond donors (Lipinski definition) is 1. The van der Waals surface area contributed by atoms with Crippen LogP contribution in [-0.4, -0.2) is 30.8 Å². The van der Waals surface area contributed by atoms with E-state index < -0.39 is 5.82 Å². The fourth-order valence-electron chi connectivity index (χ4n) is 3.04. The molecule has 2 amide bonds. The number of amides is 2. The van der Waals surface area contributed by atoms with Crippen LogP contribution in [0.15, 0.2) is 24.3 Å². The molecule has 0 saturated carbocycles. The zero-order valence-electron chi connectivity index (χ0n) is 14.6. The predicted molar refractivity (Wildman–Crippen MR) is 97.6 cm³/mol. The van der Waals surface area contributed by atoms with Gasteiger partial charge in [0, 0.05) is 24.9 Å². The summed E-state index contributed by atoms with van der Waals surface area (Å²) in [5.41, 5.74) is 2.18. The molecule has 1 atom stereocenters. The van der Waals surface area contributed by atoms with Gasteiger partial charge < -0.3 is 10.2 Å². The average molecular weight is 360 g/mol. The Morgan fingerprint density at radius 2 is 2.04 bits per heavy atom. The molecule has 1 aliphatic rings. The van der Waals surface area contributed by atoms with Crippen molar-refractivity contribution in [1.82, 2.24) is 4.90 Å². The normalized spacial score (nSPS) is 16.2. The Kier molecular flexibility index (Phi) is 4.90. The van der Waals surface area contributed by atoms with Crippen LogP contribution >= 0.6 is 11.3 Å². The van der Waals surface area contributed by atoms with Crippen LogP contribution < -0.4 is 5.32 Å². The van der Waals surface area contributed by atoms with Crippen molar-refractivity contribution in [3.8, 4) is 0 Å². The second kappa shape index (κ2) is 6.96. The number of carbonyl (C=O) groups is 2. The number of halogens is 1. The Bertz CT molecular complexity index is 829. The second-order valence-electron chi connectivity index (χ2n) is 6.67. The van der Waals surface area contributed by atoms with Crippen LogP contribution in [0.5, 0.6) is 0 Å². The summed E-state index contributed by atoms with van der Waals surface area (Å²) in [7, 11) is 3.46. The highest BCUT2D eigenvalue weighted by Gasteiger charge is 2.28. The predicted octanol–water partition coefficient (Wildman–Crippen LogP) is 3.64. The molecule has 0 saturated heterocycles. The van der Waals surface area contributed by atoms with E-state index in [4.69, 9.17) is 0 Å².